The Balaban J connectivity index is 2.77. The molecule has 1 heterocycles. The number of amides is 1. The quantitative estimate of drug-likeness (QED) is 0.807. The summed E-state index contributed by atoms with van der Waals surface area (Å²) in [6, 6.07) is 0. The molecule has 1 amide bonds. The second-order valence-corrected chi connectivity index (χ2v) is 4.57. The largest absolute Gasteiger partial charge is 0.383 e. The molecule has 0 radical (unpaired) electrons. The Kier molecular flexibility index (Phi) is 5.68. The fourth-order valence-electron chi connectivity index (χ4n) is 1.79. The molecule has 0 aliphatic rings. The highest BCUT2D eigenvalue weighted by molar-refractivity contribution is 5.98. The number of nitrogen functional groups attached to an aromatic ring is 1. The van der Waals surface area contributed by atoms with Gasteiger partial charge in [0.1, 0.15) is 11.4 Å². The van der Waals surface area contributed by atoms with E-state index in [4.69, 9.17) is 5.73 Å². The highest BCUT2D eigenvalue weighted by atomic mass is 16.2. The highest BCUT2D eigenvalue weighted by Crippen LogP contribution is 2.14. The average Bonchev–Trinajstić information content (AvgIpc) is 2.69. The molecule has 2 N–H and O–H groups in total. The van der Waals surface area contributed by atoms with Crippen molar-refractivity contribution in [3.63, 3.8) is 0 Å². The van der Waals surface area contributed by atoms with Gasteiger partial charge >= 0.3 is 0 Å². The van der Waals surface area contributed by atoms with E-state index in [1.54, 1.807) is 13.2 Å². The molecule has 1 aromatic heterocycles. The molecule has 0 bridgehead atoms. The number of carbonyl (C=O) groups is 1. The summed E-state index contributed by atoms with van der Waals surface area (Å²) in [5, 5.41) is 4.02. The van der Waals surface area contributed by atoms with Crippen LogP contribution in [0.4, 0.5) is 5.82 Å². The van der Waals surface area contributed by atoms with E-state index in [2.05, 4.69) is 18.9 Å². The number of hydrogen-bond acceptors (Lipinski definition) is 3. The standard InChI is InChI=1S/C13H24N4O/c1-4-6-8-17(9-7-5-2)13(18)11-10-15-16(3)12(11)14/h10H,4-9,14H2,1-3H3. The molecule has 0 aliphatic carbocycles. The van der Waals surface area contributed by atoms with Gasteiger partial charge in [-0.2, -0.15) is 5.10 Å². The van der Waals surface area contributed by atoms with E-state index >= 15 is 0 Å². The second kappa shape index (κ2) is 7.03. The first-order chi connectivity index (χ1) is 8.61. The van der Waals surface area contributed by atoms with E-state index in [0.717, 1.165) is 38.8 Å². The van der Waals surface area contributed by atoms with Crippen LogP contribution in [0.15, 0.2) is 6.20 Å². The molecular weight excluding hydrogens is 228 g/mol. The van der Waals surface area contributed by atoms with Gasteiger partial charge in [0.05, 0.1) is 6.20 Å². The zero-order valence-corrected chi connectivity index (χ0v) is 11.6. The fourth-order valence-corrected chi connectivity index (χ4v) is 1.79. The zero-order chi connectivity index (χ0) is 13.5. The minimum Gasteiger partial charge on any atom is -0.383 e. The van der Waals surface area contributed by atoms with Gasteiger partial charge < -0.3 is 10.6 Å². The SMILES string of the molecule is CCCCN(CCCC)C(=O)c1cnn(C)c1N. The first-order valence-corrected chi connectivity index (χ1v) is 6.68. The topological polar surface area (TPSA) is 64.2 Å². The molecule has 0 saturated carbocycles. The van der Waals surface area contributed by atoms with Crippen molar-refractivity contribution in [3.05, 3.63) is 11.8 Å². The Bertz CT molecular complexity index is 378. The van der Waals surface area contributed by atoms with Crippen molar-refractivity contribution in [2.24, 2.45) is 7.05 Å². The van der Waals surface area contributed by atoms with Gasteiger partial charge in [0.2, 0.25) is 0 Å². The first kappa shape index (κ1) is 14.5. The van der Waals surface area contributed by atoms with Crippen molar-refractivity contribution in [2.45, 2.75) is 39.5 Å². The smallest absolute Gasteiger partial charge is 0.259 e. The van der Waals surface area contributed by atoms with Gasteiger partial charge in [-0.15, -0.1) is 0 Å². The van der Waals surface area contributed by atoms with E-state index < -0.39 is 0 Å². The fraction of sp³-hybridized carbons (Fsp3) is 0.692. The molecule has 1 rings (SSSR count). The van der Waals surface area contributed by atoms with Crippen LogP contribution in [-0.4, -0.2) is 33.7 Å². The summed E-state index contributed by atoms with van der Waals surface area (Å²) < 4.78 is 1.53. The minimum atomic E-state index is 0.00231. The Labute approximate surface area is 109 Å². The van der Waals surface area contributed by atoms with Crippen LogP contribution in [0.2, 0.25) is 0 Å². The van der Waals surface area contributed by atoms with Gasteiger partial charge in [-0.1, -0.05) is 26.7 Å². The van der Waals surface area contributed by atoms with Gasteiger partial charge in [-0.25, -0.2) is 0 Å². The summed E-state index contributed by atoms with van der Waals surface area (Å²) in [4.78, 5) is 14.3. The molecule has 0 saturated heterocycles. The van der Waals surface area contributed by atoms with E-state index in [1.165, 1.54) is 4.68 Å². The molecular formula is C13H24N4O. The molecule has 1 aromatic rings. The summed E-state index contributed by atoms with van der Waals surface area (Å²) in [7, 11) is 1.74. The lowest BCUT2D eigenvalue weighted by Gasteiger charge is -2.22. The number of aryl methyl sites for hydroxylation is 1. The van der Waals surface area contributed by atoms with Crippen molar-refractivity contribution < 1.29 is 4.79 Å². The molecule has 5 nitrogen and oxygen atoms in total. The summed E-state index contributed by atoms with van der Waals surface area (Å²) >= 11 is 0. The Morgan fingerprint density at radius 2 is 1.89 bits per heavy atom. The van der Waals surface area contributed by atoms with Gasteiger partial charge in [0.15, 0.2) is 0 Å². The number of rotatable bonds is 7. The van der Waals surface area contributed by atoms with Crippen LogP contribution in [0.5, 0.6) is 0 Å². The molecule has 18 heavy (non-hydrogen) atoms. The Morgan fingerprint density at radius 3 is 2.28 bits per heavy atom. The molecule has 0 fully saturated rings. The van der Waals surface area contributed by atoms with Gasteiger partial charge in [0, 0.05) is 20.1 Å². The van der Waals surface area contributed by atoms with E-state index in [-0.39, 0.29) is 5.91 Å². The van der Waals surface area contributed by atoms with Crippen molar-refractivity contribution in [1.29, 1.82) is 0 Å². The molecule has 102 valence electrons. The summed E-state index contributed by atoms with van der Waals surface area (Å²) in [6.45, 7) is 5.84. The molecule has 0 unspecified atom stereocenters. The van der Waals surface area contributed by atoms with E-state index in [1.807, 2.05) is 4.90 Å². The molecule has 0 aliphatic heterocycles. The third-order valence-corrected chi connectivity index (χ3v) is 3.07. The summed E-state index contributed by atoms with van der Waals surface area (Å²) in [5.74, 6) is 0.445. The average molecular weight is 252 g/mol. The maximum absolute atomic E-state index is 12.4. The van der Waals surface area contributed by atoms with Crippen molar-refractivity contribution in [2.75, 3.05) is 18.8 Å². The molecule has 0 atom stereocenters. The van der Waals surface area contributed by atoms with Crippen molar-refractivity contribution in [3.8, 4) is 0 Å². The summed E-state index contributed by atoms with van der Waals surface area (Å²) in [5.41, 5.74) is 6.37. The lowest BCUT2D eigenvalue weighted by molar-refractivity contribution is 0.0752. The van der Waals surface area contributed by atoms with Crippen molar-refractivity contribution >= 4 is 11.7 Å². The van der Waals surface area contributed by atoms with Crippen LogP contribution in [0.3, 0.4) is 0 Å². The van der Waals surface area contributed by atoms with Gasteiger partial charge in [-0.3, -0.25) is 9.48 Å². The number of unbranched alkanes of at least 4 members (excludes halogenated alkanes) is 2. The van der Waals surface area contributed by atoms with Crippen LogP contribution in [0.1, 0.15) is 49.9 Å². The van der Waals surface area contributed by atoms with E-state index in [0.29, 0.717) is 11.4 Å². The first-order valence-electron chi connectivity index (χ1n) is 6.68. The Hall–Kier alpha value is -1.52. The predicted octanol–water partition coefficient (Wildman–Crippen LogP) is 2.04. The minimum absolute atomic E-state index is 0.00231. The van der Waals surface area contributed by atoms with Crippen LogP contribution in [-0.2, 0) is 7.05 Å². The van der Waals surface area contributed by atoms with Crippen molar-refractivity contribution in [1.82, 2.24) is 14.7 Å². The lowest BCUT2D eigenvalue weighted by atomic mass is 10.2. The number of nitrogens with two attached hydrogens (primary N) is 1. The third-order valence-electron chi connectivity index (χ3n) is 3.07. The Morgan fingerprint density at radius 1 is 1.33 bits per heavy atom. The highest BCUT2D eigenvalue weighted by Gasteiger charge is 2.19. The van der Waals surface area contributed by atoms with Crippen LogP contribution < -0.4 is 5.73 Å². The van der Waals surface area contributed by atoms with Crippen LogP contribution in [0, 0.1) is 0 Å². The number of anilines is 1. The monoisotopic (exact) mass is 252 g/mol. The number of hydrogen-bond donors (Lipinski definition) is 1. The molecule has 0 aromatic carbocycles. The molecule has 0 spiro atoms. The van der Waals surface area contributed by atoms with E-state index in [9.17, 15) is 4.79 Å². The third kappa shape index (κ3) is 3.48. The lowest BCUT2D eigenvalue weighted by Crippen LogP contribution is -2.33. The zero-order valence-electron chi connectivity index (χ0n) is 11.6. The van der Waals surface area contributed by atoms with Gasteiger partial charge in [-0.05, 0) is 12.8 Å². The van der Waals surface area contributed by atoms with Crippen LogP contribution in [0.25, 0.3) is 0 Å². The predicted molar refractivity (Wildman–Crippen MR) is 73.3 cm³/mol. The molecule has 5 heteroatoms. The number of carbonyl (C=O) groups excluding carboxylic acids is 1. The van der Waals surface area contributed by atoms with Crippen LogP contribution >= 0.6 is 0 Å². The normalized spacial score (nSPS) is 10.6. The maximum atomic E-state index is 12.4. The maximum Gasteiger partial charge on any atom is 0.259 e. The number of aromatic nitrogens is 2. The number of nitrogens with zero attached hydrogens (tertiary/aromatic N) is 3. The summed E-state index contributed by atoms with van der Waals surface area (Å²) in [6.07, 6.45) is 5.77. The second-order valence-electron chi connectivity index (χ2n) is 4.57. The van der Waals surface area contributed by atoms with Gasteiger partial charge in [0.25, 0.3) is 5.91 Å².